The number of carbonyl (C=O) groups excluding carboxylic acids is 2. The second-order valence-corrected chi connectivity index (χ2v) is 7.03. The lowest BCUT2D eigenvalue weighted by Gasteiger charge is -2.23. The van der Waals surface area contributed by atoms with E-state index in [0.717, 1.165) is 15.2 Å². The number of hydrogen-bond acceptors (Lipinski definition) is 6. The van der Waals surface area contributed by atoms with Gasteiger partial charge in [-0.1, -0.05) is 18.2 Å². The van der Waals surface area contributed by atoms with Crippen LogP contribution in [-0.4, -0.2) is 35.4 Å². The molecule has 27 heavy (non-hydrogen) atoms. The van der Waals surface area contributed by atoms with E-state index >= 15 is 0 Å². The van der Waals surface area contributed by atoms with Gasteiger partial charge in [0.15, 0.2) is 6.61 Å². The molecule has 0 bridgehead atoms. The van der Waals surface area contributed by atoms with Gasteiger partial charge in [0.25, 0.3) is 5.91 Å². The second-order valence-electron chi connectivity index (χ2n) is 5.97. The predicted molar refractivity (Wildman–Crippen MR) is 102 cm³/mol. The Labute approximate surface area is 160 Å². The molecule has 0 radical (unpaired) electrons. The van der Waals surface area contributed by atoms with E-state index in [9.17, 15) is 9.59 Å². The molecule has 0 N–H and O–H groups in total. The van der Waals surface area contributed by atoms with Crippen LogP contribution in [0.25, 0.3) is 10.2 Å². The van der Waals surface area contributed by atoms with Gasteiger partial charge >= 0.3 is 5.97 Å². The minimum atomic E-state index is -0.638. The van der Waals surface area contributed by atoms with Crippen LogP contribution in [0.5, 0.6) is 0 Å². The molecular formula is C20H17N3O3S. The zero-order valence-electron chi connectivity index (χ0n) is 14.9. The monoisotopic (exact) mass is 379 g/mol. The molecule has 0 saturated heterocycles. The van der Waals surface area contributed by atoms with Crippen molar-refractivity contribution in [3.63, 3.8) is 0 Å². The van der Waals surface area contributed by atoms with Crippen LogP contribution < -0.4 is 0 Å². The Morgan fingerprint density at radius 1 is 1.26 bits per heavy atom. The molecule has 0 unspecified atom stereocenters. The smallest absolute Gasteiger partial charge is 0.338 e. The Bertz CT molecular complexity index is 1010. The normalized spacial score (nSPS) is 11.6. The first-order valence-electron chi connectivity index (χ1n) is 8.28. The van der Waals surface area contributed by atoms with E-state index in [1.807, 2.05) is 37.3 Å². The molecule has 1 atom stereocenters. The number of hydrogen-bond donors (Lipinski definition) is 0. The Hall–Kier alpha value is -3.24. The summed E-state index contributed by atoms with van der Waals surface area (Å²) in [5, 5.41) is 9.71. The van der Waals surface area contributed by atoms with Crippen LogP contribution in [0.3, 0.4) is 0 Å². The van der Waals surface area contributed by atoms with Gasteiger partial charge in [-0.05, 0) is 37.3 Å². The highest BCUT2D eigenvalue weighted by Crippen LogP contribution is 2.28. The van der Waals surface area contributed by atoms with Gasteiger partial charge in [-0.2, -0.15) is 5.26 Å². The summed E-state index contributed by atoms with van der Waals surface area (Å²) in [6.07, 6.45) is 0. The molecule has 7 heteroatoms. The molecule has 136 valence electrons. The van der Waals surface area contributed by atoms with Crippen LogP contribution in [-0.2, 0) is 9.53 Å². The van der Waals surface area contributed by atoms with E-state index in [0.29, 0.717) is 5.56 Å². The maximum absolute atomic E-state index is 12.4. The highest BCUT2D eigenvalue weighted by atomic mass is 32.1. The molecule has 0 spiro atoms. The number of amides is 1. The number of para-hydroxylation sites is 1. The number of carbonyl (C=O) groups is 2. The van der Waals surface area contributed by atoms with Crippen molar-refractivity contribution in [3.05, 3.63) is 64.7 Å². The van der Waals surface area contributed by atoms with Crippen LogP contribution >= 0.6 is 11.3 Å². The van der Waals surface area contributed by atoms with Crippen molar-refractivity contribution in [3.8, 4) is 6.07 Å². The number of thiazole rings is 1. The molecule has 0 saturated carbocycles. The van der Waals surface area contributed by atoms with Gasteiger partial charge in [0.2, 0.25) is 0 Å². The molecule has 0 aliphatic rings. The molecule has 1 amide bonds. The maximum atomic E-state index is 12.4. The lowest BCUT2D eigenvalue weighted by Crippen LogP contribution is -2.33. The van der Waals surface area contributed by atoms with Crippen molar-refractivity contribution in [2.45, 2.75) is 13.0 Å². The molecule has 1 heterocycles. The van der Waals surface area contributed by atoms with Gasteiger partial charge in [0, 0.05) is 7.05 Å². The number of nitrogens with zero attached hydrogens (tertiary/aromatic N) is 3. The first kappa shape index (κ1) is 18.5. The molecule has 3 aromatic rings. The van der Waals surface area contributed by atoms with Crippen molar-refractivity contribution in [1.29, 1.82) is 5.26 Å². The molecule has 3 rings (SSSR count). The highest BCUT2D eigenvalue weighted by Gasteiger charge is 2.22. The number of benzene rings is 2. The van der Waals surface area contributed by atoms with Gasteiger partial charge in [0.1, 0.15) is 5.01 Å². The maximum Gasteiger partial charge on any atom is 0.338 e. The number of ether oxygens (including phenoxy) is 1. The summed E-state index contributed by atoms with van der Waals surface area (Å²) in [5.41, 5.74) is 1.50. The summed E-state index contributed by atoms with van der Waals surface area (Å²) in [6.45, 7) is 1.51. The Morgan fingerprint density at radius 2 is 2.04 bits per heavy atom. The van der Waals surface area contributed by atoms with Gasteiger partial charge in [0.05, 0.1) is 33.5 Å². The predicted octanol–water partition coefficient (Wildman–Crippen LogP) is 3.54. The van der Waals surface area contributed by atoms with Gasteiger partial charge in [-0.25, -0.2) is 9.78 Å². The summed E-state index contributed by atoms with van der Waals surface area (Å²) < 4.78 is 6.16. The van der Waals surface area contributed by atoms with Crippen molar-refractivity contribution in [2.75, 3.05) is 13.7 Å². The van der Waals surface area contributed by atoms with Crippen LogP contribution in [0.4, 0.5) is 0 Å². The zero-order chi connectivity index (χ0) is 19.4. The van der Waals surface area contributed by atoms with Gasteiger partial charge in [-0.15, -0.1) is 11.3 Å². The third-order valence-corrected chi connectivity index (χ3v) is 5.40. The number of nitriles is 1. The van der Waals surface area contributed by atoms with Crippen molar-refractivity contribution in [2.24, 2.45) is 0 Å². The van der Waals surface area contributed by atoms with E-state index in [2.05, 4.69) is 4.98 Å². The number of rotatable bonds is 5. The average molecular weight is 379 g/mol. The van der Waals surface area contributed by atoms with Crippen LogP contribution in [0.15, 0.2) is 48.5 Å². The lowest BCUT2D eigenvalue weighted by atomic mass is 10.1. The third kappa shape index (κ3) is 4.13. The number of aromatic nitrogens is 1. The SMILES string of the molecule is C[C@@H](c1nc2ccccc2s1)N(C)C(=O)COC(=O)c1cccc(C#N)c1. The van der Waals surface area contributed by atoms with Gasteiger partial charge in [-0.3, -0.25) is 4.79 Å². The Balaban J connectivity index is 1.63. The quantitative estimate of drug-likeness (QED) is 0.633. The first-order valence-corrected chi connectivity index (χ1v) is 9.09. The van der Waals surface area contributed by atoms with E-state index in [1.165, 1.54) is 22.3 Å². The van der Waals surface area contributed by atoms with Crippen molar-refractivity contribution in [1.82, 2.24) is 9.88 Å². The highest BCUT2D eigenvalue weighted by molar-refractivity contribution is 7.18. The third-order valence-electron chi connectivity index (χ3n) is 4.20. The van der Waals surface area contributed by atoms with Crippen molar-refractivity contribution >= 4 is 33.4 Å². The van der Waals surface area contributed by atoms with Crippen LogP contribution in [0, 0.1) is 11.3 Å². The second kappa shape index (κ2) is 7.98. The summed E-state index contributed by atoms with van der Waals surface area (Å²) in [6, 6.07) is 15.7. The van der Waals surface area contributed by atoms with E-state index < -0.39 is 5.97 Å². The average Bonchev–Trinajstić information content (AvgIpc) is 3.14. The fourth-order valence-corrected chi connectivity index (χ4v) is 3.54. The molecule has 2 aromatic carbocycles. The van der Waals surface area contributed by atoms with E-state index in [4.69, 9.17) is 10.00 Å². The molecule has 0 aliphatic heterocycles. The van der Waals surface area contributed by atoms with E-state index in [-0.39, 0.29) is 24.1 Å². The standard InChI is InChI=1S/C20H17N3O3S/c1-13(19-22-16-8-3-4-9-17(16)27-19)23(2)18(24)12-26-20(25)15-7-5-6-14(10-15)11-21/h3-10,13H,12H2,1-2H3/t13-/m0/s1. The van der Waals surface area contributed by atoms with Crippen LogP contribution in [0.2, 0.25) is 0 Å². The number of fused-ring (bicyclic) bond motifs is 1. The largest absolute Gasteiger partial charge is 0.452 e. The minimum Gasteiger partial charge on any atom is -0.452 e. The van der Waals surface area contributed by atoms with Crippen LogP contribution in [0.1, 0.15) is 33.9 Å². The minimum absolute atomic E-state index is 0.240. The lowest BCUT2D eigenvalue weighted by molar-refractivity contribution is -0.135. The summed E-state index contributed by atoms with van der Waals surface area (Å²) >= 11 is 1.53. The first-order chi connectivity index (χ1) is 13.0. The summed E-state index contributed by atoms with van der Waals surface area (Å²) in [4.78, 5) is 30.6. The fraction of sp³-hybridized carbons (Fsp3) is 0.200. The molecule has 0 fully saturated rings. The number of likely N-dealkylation sites (N-methyl/N-ethyl adjacent to an activating group) is 1. The molecule has 1 aromatic heterocycles. The summed E-state index contributed by atoms with van der Waals surface area (Å²) in [5.74, 6) is -0.965. The molecule has 6 nitrogen and oxygen atoms in total. The fourth-order valence-electron chi connectivity index (χ4n) is 2.48. The Morgan fingerprint density at radius 3 is 2.78 bits per heavy atom. The Kier molecular flexibility index (Phi) is 5.48. The zero-order valence-corrected chi connectivity index (χ0v) is 15.7. The molecular weight excluding hydrogens is 362 g/mol. The molecule has 0 aliphatic carbocycles. The van der Waals surface area contributed by atoms with Crippen molar-refractivity contribution < 1.29 is 14.3 Å². The number of esters is 1. The summed E-state index contributed by atoms with van der Waals surface area (Å²) in [7, 11) is 1.66. The van der Waals surface area contributed by atoms with Gasteiger partial charge < -0.3 is 9.64 Å². The van der Waals surface area contributed by atoms with E-state index in [1.54, 1.807) is 25.2 Å². The topological polar surface area (TPSA) is 83.3 Å².